The quantitative estimate of drug-likeness (QED) is 0.662. The lowest BCUT2D eigenvalue weighted by atomic mass is 10.1. The van der Waals surface area contributed by atoms with Gasteiger partial charge in [-0.25, -0.2) is 4.79 Å². The standard InChI is InChI=1S/C23H32N4O3/c1-29-20-9-7-19(8-10-20)11-12-24-23(28)25-13-14-26-15-17-27(18-16-26)21-5-3-4-6-22(21)30-2/h3-10H,11-18H2,1-2H3,(H2,24,25,28). The summed E-state index contributed by atoms with van der Waals surface area (Å²) in [5.41, 5.74) is 2.32. The molecule has 0 radical (unpaired) electrons. The summed E-state index contributed by atoms with van der Waals surface area (Å²) in [6.45, 7) is 5.95. The number of urea groups is 1. The molecule has 1 saturated heterocycles. The molecule has 2 N–H and O–H groups in total. The van der Waals surface area contributed by atoms with Crippen LogP contribution in [-0.4, -0.2) is 71.0 Å². The van der Waals surface area contributed by atoms with Gasteiger partial charge in [-0.05, 0) is 36.2 Å². The summed E-state index contributed by atoms with van der Waals surface area (Å²) in [6, 6.07) is 15.9. The maximum Gasteiger partial charge on any atom is 0.314 e. The Morgan fingerprint density at radius 2 is 1.60 bits per heavy atom. The number of hydrogen-bond acceptors (Lipinski definition) is 5. The minimum atomic E-state index is -0.115. The molecular formula is C23H32N4O3. The third-order valence-corrected chi connectivity index (χ3v) is 5.37. The predicted molar refractivity (Wildman–Crippen MR) is 120 cm³/mol. The fourth-order valence-electron chi connectivity index (χ4n) is 3.61. The first-order valence-electron chi connectivity index (χ1n) is 10.4. The van der Waals surface area contributed by atoms with Crippen molar-refractivity contribution < 1.29 is 14.3 Å². The highest BCUT2D eigenvalue weighted by atomic mass is 16.5. The first kappa shape index (κ1) is 21.8. The number of anilines is 1. The minimum absolute atomic E-state index is 0.115. The van der Waals surface area contributed by atoms with Crippen LogP contribution >= 0.6 is 0 Å². The average Bonchev–Trinajstić information content (AvgIpc) is 2.80. The molecule has 7 heteroatoms. The van der Waals surface area contributed by atoms with E-state index in [9.17, 15) is 4.79 Å². The molecule has 0 atom stereocenters. The van der Waals surface area contributed by atoms with Crippen molar-refractivity contribution in [3.8, 4) is 11.5 Å². The second-order valence-electron chi connectivity index (χ2n) is 7.28. The number of hydrogen-bond donors (Lipinski definition) is 2. The zero-order chi connectivity index (χ0) is 21.2. The Kier molecular flexibility index (Phi) is 8.20. The van der Waals surface area contributed by atoms with E-state index in [2.05, 4.69) is 26.5 Å². The Balaban J connectivity index is 1.29. The van der Waals surface area contributed by atoms with E-state index in [0.29, 0.717) is 13.1 Å². The van der Waals surface area contributed by atoms with E-state index in [-0.39, 0.29) is 6.03 Å². The van der Waals surface area contributed by atoms with Gasteiger partial charge in [0.15, 0.2) is 0 Å². The van der Waals surface area contributed by atoms with Gasteiger partial charge in [-0.2, -0.15) is 0 Å². The smallest absolute Gasteiger partial charge is 0.314 e. The number of methoxy groups -OCH3 is 2. The molecule has 1 aliphatic rings. The number of amides is 2. The number of piperazine rings is 1. The van der Waals surface area contributed by atoms with Crippen LogP contribution in [0.25, 0.3) is 0 Å². The SMILES string of the molecule is COc1ccc(CCNC(=O)NCCN2CCN(c3ccccc3OC)CC2)cc1. The molecule has 30 heavy (non-hydrogen) atoms. The molecule has 162 valence electrons. The van der Waals surface area contributed by atoms with E-state index in [1.54, 1.807) is 14.2 Å². The van der Waals surface area contributed by atoms with Crippen LogP contribution < -0.4 is 25.0 Å². The van der Waals surface area contributed by atoms with Crippen LogP contribution in [0.2, 0.25) is 0 Å². The molecule has 3 rings (SSSR count). The molecule has 0 spiro atoms. The van der Waals surface area contributed by atoms with Gasteiger partial charge in [0.2, 0.25) is 0 Å². The zero-order valence-electron chi connectivity index (χ0n) is 17.9. The van der Waals surface area contributed by atoms with Crippen molar-refractivity contribution in [3.63, 3.8) is 0 Å². The van der Waals surface area contributed by atoms with Gasteiger partial charge in [0, 0.05) is 45.8 Å². The number of carbonyl (C=O) groups excluding carboxylic acids is 1. The topological polar surface area (TPSA) is 66.1 Å². The molecule has 1 aliphatic heterocycles. The van der Waals surface area contributed by atoms with Gasteiger partial charge >= 0.3 is 6.03 Å². The summed E-state index contributed by atoms with van der Waals surface area (Å²) < 4.78 is 10.6. The average molecular weight is 413 g/mol. The second kappa shape index (κ2) is 11.3. The molecule has 0 bridgehead atoms. The van der Waals surface area contributed by atoms with Crippen molar-refractivity contribution in [3.05, 3.63) is 54.1 Å². The third kappa shape index (κ3) is 6.29. The van der Waals surface area contributed by atoms with E-state index in [0.717, 1.165) is 56.3 Å². The van der Waals surface area contributed by atoms with Gasteiger partial charge in [-0.1, -0.05) is 24.3 Å². The highest BCUT2D eigenvalue weighted by Gasteiger charge is 2.19. The van der Waals surface area contributed by atoms with Gasteiger partial charge in [-0.15, -0.1) is 0 Å². The third-order valence-electron chi connectivity index (χ3n) is 5.37. The molecular weight excluding hydrogens is 380 g/mol. The molecule has 7 nitrogen and oxygen atoms in total. The first-order chi connectivity index (χ1) is 14.7. The number of para-hydroxylation sites is 2. The van der Waals surface area contributed by atoms with Crippen molar-refractivity contribution in [1.29, 1.82) is 0 Å². The lowest BCUT2D eigenvalue weighted by molar-refractivity contribution is 0.232. The van der Waals surface area contributed by atoms with Crippen LogP contribution in [0.1, 0.15) is 5.56 Å². The minimum Gasteiger partial charge on any atom is -0.497 e. The van der Waals surface area contributed by atoms with Gasteiger partial charge < -0.3 is 25.0 Å². The van der Waals surface area contributed by atoms with E-state index in [1.807, 2.05) is 42.5 Å². The van der Waals surface area contributed by atoms with Crippen molar-refractivity contribution in [1.82, 2.24) is 15.5 Å². The predicted octanol–water partition coefficient (Wildman–Crippen LogP) is 2.37. The highest BCUT2D eigenvalue weighted by molar-refractivity contribution is 5.73. The number of carbonyl (C=O) groups is 1. The largest absolute Gasteiger partial charge is 0.497 e. The van der Waals surface area contributed by atoms with Crippen LogP contribution in [-0.2, 0) is 6.42 Å². The molecule has 2 aromatic rings. The van der Waals surface area contributed by atoms with Gasteiger partial charge in [0.05, 0.1) is 19.9 Å². The molecule has 2 amide bonds. The molecule has 0 aliphatic carbocycles. The van der Waals surface area contributed by atoms with Crippen LogP contribution in [0.15, 0.2) is 48.5 Å². The van der Waals surface area contributed by atoms with Gasteiger partial charge in [-0.3, -0.25) is 4.90 Å². The lowest BCUT2D eigenvalue weighted by Gasteiger charge is -2.36. The number of rotatable bonds is 9. The van der Waals surface area contributed by atoms with Gasteiger partial charge in [0.25, 0.3) is 0 Å². The summed E-state index contributed by atoms with van der Waals surface area (Å²) in [7, 11) is 3.37. The summed E-state index contributed by atoms with van der Waals surface area (Å²) in [5, 5.41) is 5.87. The monoisotopic (exact) mass is 412 g/mol. The van der Waals surface area contributed by atoms with Crippen LogP contribution in [0.5, 0.6) is 11.5 Å². The molecule has 2 aromatic carbocycles. The molecule has 1 heterocycles. The Morgan fingerprint density at radius 3 is 2.30 bits per heavy atom. The van der Waals surface area contributed by atoms with Crippen molar-refractivity contribution in [2.75, 3.05) is 64.9 Å². The fraction of sp³-hybridized carbons (Fsp3) is 0.435. The van der Waals surface area contributed by atoms with E-state index in [4.69, 9.17) is 9.47 Å². The normalized spacial score (nSPS) is 14.3. The van der Waals surface area contributed by atoms with Crippen molar-refractivity contribution in [2.45, 2.75) is 6.42 Å². The Morgan fingerprint density at radius 1 is 0.900 bits per heavy atom. The molecule has 0 unspecified atom stereocenters. The molecule has 0 saturated carbocycles. The van der Waals surface area contributed by atoms with Gasteiger partial charge in [0.1, 0.15) is 11.5 Å². The Bertz CT molecular complexity index is 789. The Hall–Kier alpha value is -2.93. The van der Waals surface area contributed by atoms with Crippen LogP contribution in [0.4, 0.5) is 10.5 Å². The molecule has 0 aromatic heterocycles. The zero-order valence-corrected chi connectivity index (χ0v) is 17.9. The molecule has 1 fully saturated rings. The highest BCUT2D eigenvalue weighted by Crippen LogP contribution is 2.28. The maximum absolute atomic E-state index is 12.0. The first-order valence-corrected chi connectivity index (χ1v) is 10.4. The summed E-state index contributed by atoms with van der Waals surface area (Å²) in [5.74, 6) is 1.76. The summed E-state index contributed by atoms with van der Waals surface area (Å²) in [6.07, 6.45) is 0.794. The van der Waals surface area contributed by atoms with Crippen LogP contribution in [0.3, 0.4) is 0 Å². The van der Waals surface area contributed by atoms with Crippen molar-refractivity contribution in [2.24, 2.45) is 0 Å². The Labute approximate surface area is 179 Å². The van der Waals surface area contributed by atoms with E-state index >= 15 is 0 Å². The number of ether oxygens (including phenoxy) is 2. The van der Waals surface area contributed by atoms with E-state index in [1.165, 1.54) is 5.56 Å². The fourth-order valence-corrected chi connectivity index (χ4v) is 3.61. The number of nitrogens with zero attached hydrogens (tertiary/aromatic N) is 2. The lowest BCUT2D eigenvalue weighted by Crippen LogP contribution is -2.49. The summed E-state index contributed by atoms with van der Waals surface area (Å²) in [4.78, 5) is 16.7. The van der Waals surface area contributed by atoms with Crippen molar-refractivity contribution >= 4 is 11.7 Å². The number of nitrogens with one attached hydrogen (secondary N) is 2. The maximum atomic E-state index is 12.0. The van der Waals surface area contributed by atoms with E-state index < -0.39 is 0 Å². The summed E-state index contributed by atoms with van der Waals surface area (Å²) >= 11 is 0. The number of benzene rings is 2. The second-order valence-corrected chi connectivity index (χ2v) is 7.28. The van der Waals surface area contributed by atoms with Crippen LogP contribution in [0, 0.1) is 0 Å².